The van der Waals surface area contributed by atoms with E-state index in [2.05, 4.69) is 32.7 Å². The topological polar surface area (TPSA) is 33.1 Å². The second-order valence-electron chi connectivity index (χ2n) is 4.19. The maximum absolute atomic E-state index is 9.28. The molecule has 2 nitrogen and oxygen atoms in total. The zero-order valence-electron chi connectivity index (χ0n) is 10.1. The first-order valence-electron chi connectivity index (χ1n) is 5.74. The normalized spacial score (nSPS) is 11.7. The zero-order chi connectivity index (χ0) is 11.4. The Morgan fingerprint density at radius 1 is 1.27 bits per heavy atom. The molecule has 1 rings (SSSR count). The molecular formula is C12H21NOS. The van der Waals surface area contributed by atoms with Crippen molar-refractivity contribution in [2.24, 2.45) is 0 Å². The molecule has 3 heteroatoms. The van der Waals surface area contributed by atoms with Gasteiger partial charge >= 0.3 is 0 Å². The molecule has 1 N–H and O–H groups in total. The molecule has 15 heavy (non-hydrogen) atoms. The van der Waals surface area contributed by atoms with Crippen LogP contribution >= 0.6 is 11.3 Å². The molecule has 1 heterocycles. The summed E-state index contributed by atoms with van der Waals surface area (Å²) in [6.07, 6.45) is 2.26. The van der Waals surface area contributed by atoms with Crippen LogP contribution in [-0.4, -0.2) is 10.1 Å². The Morgan fingerprint density at radius 3 is 2.20 bits per heavy atom. The first-order valence-corrected chi connectivity index (χ1v) is 6.55. The van der Waals surface area contributed by atoms with Crippen LogP contribution < -0.4 is 0 Å². The average molecular weight is 227 g/mol. The summed E-state index contributed by atoms with van der Waals surface area (Å²) in [5.41, 5.74) is 1.09. The fourth-order valence-electron chi connectivity index (χ4n) is 1.76. The molecule has 0 spiro atoms. The summed E-state index contributed by atoms with van der Waals surface area (Å²) in [6, 6.07) is 0. The van der Waals surface area contributed by atoms with E-state index in [0.29, 0.717) is 11.8 Å². The quantitative estimate of drug-likeness (QED) is 0.832. The van der Waals surface area contributed by atoms with Crippen LogP contribution in [0.5, 0.6) is 0 Å². The number of hydrogen-bond acceptors (Lipinski definition) is 3. The third-order valence-electron chi connectivity index (χ3n) is 2.77. The minimum absolute atomic E-state index is 0.130. The standard InChI is InChI=1S/C12H21NOS/c1-5-9(6-2)12-13-11(8(3)4)10(7-14)15-12/h8-9,14H,5-7H2,1-4H3. The molecule has 0 aliphatic carbocycles. The van der Waals surface area contributed by atoms with Crippen molar-refractivity contribution in [1.29, 1.82) is 0 Å². The van der Waals surface area contributed by atoms with Crippen LogP contribution in [0.15, 0.2) is 0 Å². The molecule has 0 unspecified atom stereocenters. The molecule has 0 aromatic carbocycles. The number of nitrogens with zero attached hydrogens (tertiary/aromatic N) is 1. The van der Waals surface area contributed by atoms with Crippen molar-refractivity contribution in [1.82, 2.24) is 4.98 Å². The van der Waals surface area contributed by atoms with E-state index in [1.165, 1.54) is 5.01 Å². The maximum atomic E-state index is 9.28. The Hall–Kier alpha value is -0.410. The van der Waals surface area contributed by atoms with Crippen LogP contribution in [0.1, 0.15) is 68.0 Å². The Morgan fingerprint density at radius 2 is 1.87 bits per heavy atom. The Bertz CT molecular complexity index is 303. The number of thiazole rings is 1. The molecule has 0 fully saturated rings. The van der Waals surface area contributed by atoms with Crippen molar-refractivity contribution in [2.75, 3.05) is 0 Å². The van der Waals surface area contributed by atoms with Gasteiger partial charge in [0, 0.05) is 5.92 Å². The number of aromatic nitrogens is 1. The Kier molecular flexibility index (Phi) is 4.74. The summed E-state index contributed by atoms with van der Waals surface area (Å²) in [7, 11) is 0. The predicted molar refractivity (Wildman–Crippen MR) is 65.4 cm³/mol. The van der Waals surface area contributed by atoms with Crippen molar-refractivity contribution < 1.29 is 5.11 Å². The van der Waals surface area contributed by atoms with E-state index in [1.807, 2.05) is 0 Å². The molecule has 0 aliphatic heterocycles. The molecule has 0 amide bonds. The molecule has 0 saturated heterocycles. The third-order valence-corrected chi connectivity index (χ3v) is 3.99. The first-order chi connectivity index (χ1) is 7.13. The average Bonchev–Trinajstić information content (AvgIpc) is 2.64. The van der Waals surface area contributed by atoms with Gasteiger partial charge in [-0.3, -0.25) is 0 Å². The summed E-state index contributed by atoms with van der Waals surface area (Å²) in [5.74, 6) is 0.972. The summed E-state index contributed by atoms with van der Waals surface area (Å²) in [5, 5.41) is 10.5. The van der Waals surface area contributed by atoms with Crippen molar-refractivity contribution in [2.45, 2.75) is 59.0 Å². The SMILES string of the molecule is CCC(CC)c1nc(C(C)C)c(CO)s1. The molecule has 0 radical (unpaired) electrons. The molecule has 0 bridgehead atoms. The van der Waals surface area contributed by atoms with Gasteiger partial charge in [0.05, 0.1) is 22.2 Å². The highest BCUT2D eigenvalue weighted by atomic mass is 32.1. The number of rotatable bonds is 5. The van der Waals surface area contributed by atoms with Crippen molar-refractivity contribution in [3.8, 4) is 0 Å². The van der Waals surface area contributed by atoms with Crippen LogP contribution in [0.2, 0.25) is 0 Å². The van der Waals surface area contributed by atoms with Gasteiger partial charge in [-0.25, -0.2) is 4.98 Å². The van der Waals surface area contributed by atoms with Crippen molar-refractivity contribution in [3.05, 3.63) is 15.6 Å². The van der Waals surface area contributed by atoms with Crippen molar-refractivity contribution in [3.63, 3.8) is 0 Å². The fourth-order valence-corrected chi connectivity index (χ4v) is 3.11. The van der Waals surface area contributed by atoms with Crippen LogP contribution in [0.4, 0.5) is 0 Å². The lowest BCUT2D eigenvalue weighted by Crippen LogP contribution is -1.97. The van der Waals surface area contributed by atoms with E-state index < -0.39 is 0 Å². The molecule has 0 atom stereocenters. The molecule has 0 saturated carbocycles. The van der Waals surface area contributed by atoms with Gasteiger partial charge in [-0.2, -0.15) is 0 Å². The van der Waals surface area contributed by atoms with Crippen LogP contribution in [0, 0.1) is 0 Å². The third kappa shape index (κ3) is 2.79. The van der Waals surface area contributed by atoms with Gasteiger partial charge in [0.1, 0.15) is 0 Å². The summed E-state index contributed by atoms with van der Waals surface area (Å²) < 4.78 is 0. The lowest BCUT2D eigenvalue weighted by molar-refractivity contribution is 0.283. The minimum atomic E-state index is 0.130. The van der Waals surface area contributed by atoms with Gasteiger partial charge in [0.15, 0.2) is 0 Å². The van der Waals surface area contributed by atoms with Gasteiger partial charge in [0.2, 0.25) is 0 Å². The predicted octanol–water partition coefficient (Wildman–Crippen LogP) is 3.66. The molecular weight excluding hydrogens is 206 g/mol. The Labute approximate surface area is 96.4 Å². The van der Waals surface area contributed by atoms with E-state index in [1.54, 1.807) is 11.3 Å². The van der Waals surface area contributed by atoms with Crippen LogP contribution in [-0.2, 0) is 6.61 Å². The lowest BCUT2D eigenvalue weighted by atomic mass is 10.0. The lowest BCUT2D eigenvalue weighted by Gasteiger charge is -2.07. The summed E-state index contributed by atoms with van der Waals surface area (Å²) >= 11 is 1.68. The van der Waals surface area contributed by atoms with Crippen LogP contribution in [0.25, 0.3) is 0 Å². The van der Waals surface area contributed by atoms with E-state index in [9.17, 15) is 5.11 Å². The molecule has 1 aromatic heterocycles. The van der Waals surface area contributed by atoms with Gasteiger partial charge < -0.3 is 5.11 Å². The van der Waals surface area contributed by atoms with Gasteiger partial charge in [-0.1, -0.05) is 27.7 Å². The van der Waals surface area contributed by atoms with Crippen LogP contribution in [0.3, 0.4) is 0 Å². The number of hydrogen-bond donors (Lipinski definition) is 1. The van der Waals surface area contributed by atoms with E-state index in [0.717, 1.165) is 23.4 Å². The van der Waals surface area contributed by atoms with Gasteiger partial charge in [-0.15, -0.1) is 11.3 Å². The van der Waals surface area contributed by atoms with E-state index >= 15 is 0 Å². The molecule has 1 aromatic rings. The fraction of sp³-hybridized carbons (Fsp3) is 0.750. The van der Waals surface area contributed by atoms with E-state index in [4.69, 9.17) is 0 Å². The minimum Gasteiger partial charge on any atom is -0.391 e. The number of aliphatic hydroxyl groups excluding tert-OH is 1. The Balaban J connectivity index is 3.01. The highest BCUT2D eigenvalue weighted by Crippen LogP contribution is 2.32. The highest BCUT2D eigenvalue weighted by Gasteiger charge is 2.17. The molecule has 86 valence electrons. The second-order valence-corrected chi connectivity index (χ2v) is 5.30. The first kappa shape index (κ1) is 12.7. The second kappa shape index (κ2) is 5.61. The molecule has 0 aliphatic rings. The smallest absolute Gasteiger partial charge is 0.0962 e. The summed E-state index contributed by atoms with van der Waals surface area (Å²) in [6.45, 7) is 8.79. The number of aliphatic hydroxyl groups is 1. The van der Waals surface area contributed by atoms with E-state index in [-0.39, 0.29) is 6.61 Å². The monoisotopic (exact) mass is 227 g/mol. The summed E-state index contributed by atoms with van der Waals surface area (Å²) in [4.78, 5) is 5.73. The van der Waals surface area contributed by atoms with Gasteiger partial charge in [0.25, 0.3) is 0 Å². The highest BCUT2D eigenvalue weighted by molar-refractivity contribution is 7.11. The van der Waals surface area contributed by atoms with Gasteiger partial charge in [-0.05, 0) is 18.8 Å². The van der Waals surface area contributed by atoms with Crippen molar-refractivity contribution >= 4 is 11.3 Å². The largest absolute Gasteiger partial charge is 0.391 e. The maximum Gasteiger partial charge on any atom is 0.0962 e. The zero-order valence-corrected chi connectivity index (χ0v) is 10.9.